The highest BCUT2D eigenvalue weighted by Gasteiger charge is 2.25. The Morgan fingerprint density at radius 2 is 2.12 bits per heavy atom. The van der Waals surface area contributed by atoms with E-state index in [1.54, 1.807) is 4.88 Å². The lowest BCUT2D eigenvalue weighted by Gasteiger charge is -2.35. The monoisotopic (exact) mass is 386 g/mol. The van der Waals surface area contributed by atoms with Gasteiger partial charge >= 0.3 is 0 Å². The summed E-state index contributed by atoms with van der Waals surface area (Å²) in [6.07, 6.45) is 5.12. The predicted octanol–water partition coefficient (Wildman–Crippen LogP) is 4.02. The average Bonchev–Trinajstić information content (AvgIpc) is 3.28. The van der Waals surface area contributed by atoms with Crippen LogP contribution in [-0.2, 0) is 26.6 Å². The zero-order valence-electron chi connectivity index (χ0n) is 14.9. The van der Waals surface area contributed by atoms with E-state index in [0.29, 0.717) is 6.04 Å². The van der Waals surface area contributed by atoms with Gasteiger partial charge in [-0.1, -0.05) is 23.7 Å². The van der Waals surface area contributed by atoms with Gasteiger partial charge in [-0.25, -0.2) is 0 Å². The fraction of sp³-hybridized carbons (Fsp3) is 0.350. The van der Waals surface area contributed by atoms with Gasteiger partial charge in [0.2, 0.25) is 0 Å². The molecule has 1 atom stereocenters. The summed E-state index contributed by atoms with van der Waals surface area (Å²) in [5.41, 5.74) is 4.00. The molecule has 4 nitrogen and oxygen atoms in total. The molecule has 0 spiro atoms. The maximum Gasteiger partial charge on any atom is 0.0534 e. The largest absolute Gasteiger partial charge is 0.311 e. The van der Waals surface area contributed by atoms with Crippen LogP contribution in [0.5, 0.6) is 0 Å². The van der Waals surface area contributed by atoms with Gasteiger partial charge < -0.3 is 5.32 Å². The van der Waals surface area contributed by atoms with Gasteiger partial charge in [0.05, 0.1) is 6.20 Å². The Morgan fingerprint density at radius 3 is 2.88 bits per heavy atom. The fourth-order valence-corrected chi connectivity index (χ4v) is 4.61. The Labute approximate surface area is 163 Å². The molecule has 0 amide bonds. The minimum absolute atomic E-state index is 0.331. The van der Waals surface area contributed by atoms with E-state index >= 15 is 0 Å². The number of hydrogen-bond acceptors (Lipinski definition) is 4. The fourth-order valence-electron chi connectivity index (χ4n) is 3.60. The summed E-state index contributed by atoms with van der Waals surface area (Å²) in [5, 5.41) is 10.9. The van der Waals surface area contributed by atoms with Crippen molar-refractivity contribution in [1.82, 2.24) is 20.0 Å². The van der Waals surface area contributed by atoms with Crippen LogP contribution in [0.15, 0.2) is 48.1 Å². The van der Waals surface area contributed by atoms with E-state index in [-0.39, 0.29) is 0 Å². The summed E-state index contributed by atoms with van der Waals surface area (Å²) in [4.78, 5) is 4.12. The van der Waals surface area contributed by atoms with Crippen molar-refractivity contribution in [3.63, 3.8) is 0 Å². The molecule has 1 N–H and O–H groups in total. The molecule has 0 saturated heterocycles. The van der Waals surface area contributed by atoms with Crippen LogP contribution in [0.2, 0.25) is 5.02 Å². The van der Waals surface area contributed by atoms with Gasteiger partial charge in [0.15, 0.2) is 0 Å². The lowest BCUT2D eigenvalue weighted by Crippen LogP contribution is -2.38. The lowest BCUT2D eigenvalue weighted by molar-refractivity contribution is 0.176. The first-order valence-electron chi connectivity index (χ1n) is 8.92. The SMILES string of the molecule is Cn1cc(CNCC(c2ccc(Cl)cc2)N2CCc3sccc3C2)cn1. The van der Waals surface area contributed by atoms with Crippen molar-refractivity contribution in [2.75, 3.05) is 13.1 Å². The van der Waals surface area contributed by atoms with Gasteiger partial charge in [0.1, 0.15) is 0 Å². The summed E-state index contributed by atoms with van der Waals surface area (Å²) in [6.45, 7) is 3.83. The Hall–Kier alpha value is -1.66. The van der Waals surface area contributed by atoms with Gasteiger partial charge in [0.25, 0.3) is 0 Å². The van der Waals surface area contributed by atoms with E-state index in [9.17, 15) is 0 Å². The van der Waals surface area contributed by atoms with Gasteiger partial charge in [-0.2, -0.15) is 5.10 Å². The molecular weight excluding hydrogens is 364 g/mol. The third-order valence-corrected chi connectivity index (χ3v) is 6.23. The second-order valence-corrected chi connectivity index (χ2v) is 8.25. The van der Waals surface area contributed by atoms with E-state index in [1.165, 1.54) is 16.7 Å². The number of nitrogens with zero attached hydrogens (tertiary/aromatic N) is 3. The third kappa shape index (κ3) is 4.01. The minimum atomic E-state index is 0.331. The van der Waals surface area contributed by atoms with Crippen molar-refractivity contribution < 1.29 is 0 Å². The van der Waals surface area contributed by atoms with Crippen LogP contribution in [0.1, 0.15) is 27.6 Å². The standard InChI is InChI=1S/C20H23ClN4S/c1-24-13-15(11-23-24)10-22-12-19(16-2-4-18(21)5-3-16)25-8-6-20-17(14-25)7-9-26-20/h2-5,7,9,11,13,19,22H,6,8,10,12,14H2,1H3. The van der Waals surface area contributed by atoms with E-state index < -0.39 is 0 Å². The molecule has 0 saturated carbocycles. The zero-order valence-corrected chi connectivity index (χ0v) is 16.4. The smallest absolute Gasteiger partial charge is 0.0534 e. The highest BCUT2D eigenvalue weighted by Crippen LogP contribution is 2.30. The molecule has 3 heterocycles. The molecule has 4 rings (SSSR count). The second-order valence-electron chi connectivity index (χ2n) is 6.81. The van der Waals surface area contributed by atoms with Crippen LogP contribution in [0.4, 0.5) is 0 Å². The number of hydrogen-bond donors (Lipinski definition) is 1. The molecular formula is C20H23ClN4S. The summed E-state index contributed by atoms with van der Waals surface area (Å²) in [6, 6.07) is 10.9. The number of aromatic nitrogens is 2. The predicted molar refractivity (Wildman–Crippen MR) is 108 cm³/mol. The molecule has 6 heteroatoms. The number of halogens is 1. The molecule has 1 aliphatic rings. The molecule has 0 bridgehead atoms. The van der Waals surface area contributed by atoms with Crippen LogP contribution >= 0.6 is 22.9 Å². The van der Waals surface area contributed by atoms with Crippen LogP contribution < -0.4 is 5.32 Å². The number of benzene rings is 1. The maximum absolute atomic E-state index is 6.10. The summed E-state index contributed by atoms with van der Waals surface area (Å²) in [5.74, 6) is 0. The lowest BCUT2D eigenvalue weighted by atomic mass is 10.0. The number of thiophene rings is 1. The highest BCUT2D eigenvalue weighted by atomic mass is 35.5. The van der Waals surface area contributed by atoms with Crippen molar-refractivity contribution in [3.05, 3.63) is 74.7 Å². The van der Waals surface area contributed by atoms with Crippen molar-refractivity contribution in [2.24, 2.45) is 7.05 Å². The molecule has 136 valence electrons. The molecule has 0 aliphatic carbocycles. The van der Waals surface area contributed by atoms with Crippen LogP contribution in [0.3, 0.4) is 0 Å². The number of aryl methyl sites for hydroxylation is 1. The molecule has 3 aromatic rings. The van der Waals surface area contributed by atoms with Crippen LogP contribution in [0, 0.1) is 0 Å². The third-order valence-electron chi connectivity index (χ3n) is 4.96. The number of fused-ring (bicyclic) bond motifs is 1. The van der Waals surface area contributed by atoms with E-state index in [0.717, 1.165) is 37.6 Å². The van der Waals surface area contributed by atoms with Crippen LogP contribution in [-0.4, -0.2) is 27.8 Å². The van der Waals surface area contributed by atoms with Gasteiger partial charge in [-0.05, 0) is 41.1 Å². The number of rotatable bonds is 6. The van der Waals surface area contributed by atoms with Crippen molar-refractivity contribution in [3.8, 4) is 0 Å². The topological polar surface area (TPSA) is 33.1 Å². The van der Waals surface area contributed by atoms with E-state index in [2.05, 4.69) is 45.1 Å². The second kappa shape index (κ2) is 7.92. The summed E-state index contributed by atoms with van der Waals surface area (Å²) >= 11 is 7.99. The Balaban J connectivity index is 1.49. The normalized spacial score (nSPS) is 15.8. The minimum Gasteiger partial charge on any atom is -0.311 e. The van der Waals surface area contributed by atoms with Crippen molar-refractivity contribution in [2.45, 2.75) is 25.6 Å². The average molecular weight is 387 g/mol. The molecule has 1 unspecified atom stereocenters. The first-order chi connectivity index (χ1) is 12.7. The van der Waals surface area contributed by atoms with E-state index in [1.807, 2.05) is 41.4 Å². The van der Waals surface area contributed by atoms with Gasteiger partial charge in [0, 0.05) is 60.9 Å². The Kier molecular flexibility index (Phi) is 5.41. The first kappa shape index (κ1) is 17.7. The molecule has 2 aromatic heterocycles. The molecule has 1 aliphatic heterocycles. The molecule has 0 fully saturated rings. The Bertz CT molecular complexity index is 855. The van der Waals surface area contributed by atoms with Crippen LogP contribution in [0.25, 0.3) is 0 Å². The quantitative estimate of drug-likeness (QED) is 0.694. The van der Waals surface area contributed by atoms with Crippen molar-refractivity contribution >= 4 is 22.9 Å². The zero-order chi connectivity index (χ0) is 17.9. The molecule has 1 aromatic carbocycles. The van der Waals surface area contributed by atoms with Gasteiger partial charge in [-0.3, -0.25) is 9.58 Å². The summed E-state index contributed by atoms with van der Waals surface area (Å²) in [7, 11) is 1.95. The maximum atomic E-state index is 6.10. The first-order valence-corrected chi connectivity index (χ1v) is 10.2. The van der Waals surface area contributed by atoms with E-state index in [4.69, 9.17) is 11.6 Å². The molecule has 0 radical (unpaired) electrons. The summed E-state index contributed by atoms with van der Waals surface area (Å²) < 4.78 is 1.84. The van der Waals surface area contributed by atoms with Gasteiger partial charge in [-0.15, -0.1) is 11.3 Å². The van der Waals surface area contributed by atoms with Crippen molar-refractivity contribution in [1.29, 1.82) is 0 Å². The Morgan fingerprint density at radius 1 is 1.27 bits per heavy atom. The molecule has 26 heavy (non-hydrogen) atoms. The highest BCUT2D eigenvalue weighted by molar-refractivity contribution is 7.10. The number of nitrogens with one attached hydrogen (secondary N) is 1.